The van der Waals surface area contributed by atoms with Gasteiger partial charge in [-0.2, -0.15) is 5.10 Å². The van der Waals surface area contributed by atoms with E-state index in [1.165, 1.54) is 11.3 Å². The Morgan fingerprint density at radius 2 is 1.42 bits per heavy atom. The molecule has 0 aliphatic carbocycles. The lowest BCUT2D eigenvalue weighted by Crippen LogP contribution is -2.40. The summed E-state index contributed by atoms with van der Waals surface area (Å²) in [6.45, 7) is 16.9. The molecule has 1 aromatic heterocycles. The van der Waals surface area contributed by atoms with Crippen molar-refractivity contribution in [1.82, 2.24) is 4.98 Å². The largest absolute Gasteiger partial charge is 0.488 e. The predicted octanol–water partition coefficient (Wildman–Crippen LogP) is 11.3. The fourth-order valence-electron chi connectivity index (χ4n) is 6.82. The quantitative estimate of drug-likeness (QED) is 0.0311. The first kappa shape index (κ1) is 44.8. The summed E-state index contributed by atoms with van der Waals surface area (Å²) < 4.78 is 29.1. The van der Waals surface area contributed by atoms with E-state index in [1.807, 2.05) is 84.2 Å². The average Bonchev–Trinajstić information content (AvgIpc) is 3.69. The molecule has 1 heterocycles. The normalized spacial score (nSPS) is 11.9. The molecule has 0 aliphatic rings. The second-order valence-electron chi connectivity index (χ2n) is 16.8. The Labute approximate surface area is 366 Å². The maximum atomic E-state index is 13.5. The highest BCUT2D eigenvalue weighted by Gasteiger charge is 2.33. The molecule has 6 rings (SSSR count). The van der Waals surface area contributed by atoms with Gasteiger partial charge in [-0.25, -0.2) is 19.4 Å². The van der Waals surface area contributed by atoms with Crippen molar-refractivity contribution in [3.8, 4) is 28.5 Å². The fraction of sp³-hybridized carbons (Fsp3) is 0.260. The Balaban J connectivity index is 1.14. The van der Waals surface area contributed by atoms with Crippen molar-refractivity contribution in [3.63, 3.8) is 0 Å². The van der Waals surface area contributed by atoms with Crippen LogP contribution in [-0.4, -0.2) is 52.5 Å². The number of carbonyl (C=O) groups is 3. The summed E-state index contributed by atoms with van der Waals surface area (Å²) in [7, 11) is 0. The van der Waals surface area contributed by atoms with Gasteiger partial charge in [0.1, 0.15) is 34.1 Å². The minimum Gasteiger partial charge on any atom is -0.488 e. The zero-order chi connectivity index (χ0) is 44.5. The van der Waals surface area contributed by atoms with Crippen LogP contribution in [0.4, 0.5) is 5.13 Å². The molecule has 5 aromatic carbocycles. The van der Waals surface area contributed by atoms with Crippen LogP contribution in [0.3, 0.4) is 0 Å². The summed E-state index contributed by atoms with van der Waals surface area (Å²) >= 11 is 1.41. The molecule has 0 spiro atoms. The van der Waals surface area contributed by atoms with Crippen molar-refractivity contribution in [2.45, 2.75) is 78.1 Å². The number of nitrogens with zero attached hydrogens (tertiary/aromatic N) is 2. The van der Waals surface area contributed by atoms with Gasteiger partial charge in [-0.3, -0.25) is 5.43 Å². The van der Waals surface area contributed by atoms with Crippen molar-refractivity contribution in [3.05, 3.63) is 149 Å². The van der Waals surface area contributed by atoms with Gasteiger partial charge >= 0.3 is 17.9 Å². The van der Waals surface area contributed by atoms with E-state index in [-0.39, 0.29) is 18.0 Å². The van der Waals surface area contributed by atoms with Crippen LogP contribution in [-0.2, 0) is 20.7 Å². The number of hydrazone groups is 1. The van der Waals surface area contributed by atoms with Crippen LogP contribution in [0.5, 0.6) is 17.2 Å². The lowest BCUT2D eigenvalue weighted by Gasteiger charge is -2.34. The van der Waals surface area contributed by atoms with Gasteiger partial charge in [0.25, 0.3) is 0 Å². The second kappa shape index (κ2) is 19.3. The SMILES string of the molecule is C=CC(=O)OC(C)(C)CC(C)(C)Oc1ccc(C(=O)Oc2ccc(CCOC(=O)c3ccc(OC(C)(C)C)cc3)cc2/C=N/Nc2nc(-c3ccc4ccccc4c3)cs2)cc1. The maximum Gasteiger partial charge on any atom is 0.343 e. The lowest BCUT2D eigenvalue weighted by atomic mass is 9.92. The van der Waals surface area contributed by atoms with Crippen molar-refractivity contribution >= 4 is 51.4 Å². The molecule has 0 aliphatic heterocycles. The summed E-state index contributed by atoms with van der Waals surface area (Å²) in [4.78, 5) is 42.9. The highest BCUT2D eigenvalue weighted by Crippen LogP contribution is 2.31. The monoisotopic (exact) mass is 853 g/mol. The van der Waals surface area contributed by atoms with E-state index >= 15 is 0 Å². The van der Waals surface area contributed by atoms with Crippen LogP contribution >= 0.6 is 11.3 Å². The average molecular weight is 854 g/mol. The van der Waals surface area contributed by atoms with Crippen molar-refractivity contribution in [2.75, 3.05) is 12.0 Å². The van der Waals surface area contributed by atoms with E-state index in [9.17, 15) is 14.4 Å². The Hall–Kier alpha value is -6.79. The van der Waals surface area contributed by atoms with E-state index in [0.717, 1.165) is 33.7 Å². The van der Waals surface area contributed by atoms with Crippen molar-refractivity contribution in [1.29, 1.82) is 0 Å². The van der Waals surface area contributed by atoms with E-state index < -0.39 is 29.1 Å². The number of anilines is 1. The zero-order valence-electron chi connectivity index (χ0n) is 36.0. The van der Waals surface area contributed by atoms with Crippen LogP contribution < -0.4 is 19.6 Å². The van der Waals surface area contributed by atoms with Gasteiger partial charge in [0.2, 0.25) is 5.13 Å². The number of carbonyl (C=O) groups excluding carboxylic acids is 3. The number of hydrogen-bond donors (Lipinski definition) is 1. The van der Waals surface area contributed by atoms with Crippen LogP contribution in [0.15, 0.2) is 132 Å². The molecule has 6 aromatic rings. The van der Waals surface area contributed by atoms with Crippen molar-refractivity contribution < 1.29 is 38.1 Å². The smallest absolute Gasteiger partial charge is 0.343 e. The third-order valence-electron chi connectivity index (χ3n) is 9.21. The summed E-state index contributed by atoms with van der Waals surface area (Å²) in [5.74, 6) is -0.0857. The molecule has 0 saturated heterocycles. The third-order valence-corrected chi connectivity index (χ3v) is 9.95. The summed E-state index contributed by atoms with van der Waals surface area (Å²) in [5.41, 5.74) is 5.00. The standard InChI is InChI=1S/C50H51N3O8S/c1-9-44(54)61-50(7,8)32-49(5,6)60-41-23-19-36(20-24-41)46(56)58-43-25-14-33(26-27-57-45(55)35-17-21-40(22-18-35)59-48(2,3)4)28-39(43)30-51-53-47-52-42(31-62-47)38-16-15-34-12-10-11-13-37(34)29-38/h9-25,28-31H,1,26-27,32H2,2-8H3,(H,52,53)/b51-30+. The van der Waals surface area contributed by atoms with E-state index in [0.29, 0.717) is 46.2 Å². The van der Waals surface area contributed by atoms with E-state index in [1.54, 1.807) is 60.8 Å². The molecular formula is C50H51N3O8S. The van der Waals surface area contributed by atoms with Crippen molar-refractivity contribution in [2.24, 2.45) is 5.10 Å². The number of benzene rings is 5. The molecule has 62 heavy (non-hydrogen) atoms. The Bertz CT molecular complexity index is 2570. The number of thiazole rings is 1. The topological polar surface area (TPSA) is 135 Å². The van der Waals surface area contributed by atoms with Gasteiger partial charge in [0.15, 0.2) is 0 Å². The molecule has 11 nitrogen and oxygen atoms in total. The molecule has 320 valence electrons. The van der Waals surface area contributed by atoms with Gasteiger partial charge in [-0.1, -0.05) is 49.0 Å². The molecule has 0 fully saturated rings. The Kier molecular flexibility index (Phi) is 13.9. The third kappa shape index (κ3) is 12.9. The highest BCUT2D eigenvalue weighted by atomic mass is 32.1. The number of nitrogens with one attached hydrogen (secondary N) is 1. The second-order valence-corrected chi connectivity index (χ2v) is 17.7. The van der Waals surface area contributed by atoms with Gasteiger partial charge in [0.05, 0.1) is 29.6 Å². The molecule has 0 amide bonds. The lowest BCUT2D eigenvalue weighted by molar-refractivity contribution is -0.154. The van der Waals surface area contributed by atoms with E-state index in [4.69, 9.17) is 28.7 Å². The van der Waals surface area contributed by atoms with Gasteiger partial charge < -0.3 is 23.7 Å². The first-order valence-corrected chi connectivity index (χ1v) is 21.0. The number of esters is 3. The summed E-state index contributed by atoms with van der Waals surface area (Å²) in [5, 5.41) is 9.28. The molecule has 0 unspecified atom stereocenters. The molecule has 1 N–H and O–H groups in total. The molecule has 0 bridgehead atoms. The number of fused-ring (bicyclic) bond motifs is 1. The van der Waals surface area contributed by atoms with Crippen LogP contribution in [0.25, 0.3) is 22.0 Å². The highest BCUT2D eigenvalue weighted by molar-refractivity contribution is 7.14. The molecule has 0 radical (unpaired) electrons. The molecule has 0 atom stereocenters. The predicted molar refractivity (Wildman–Crippen MR) is 245 cm³/mol. The minimum absolute atomic E-state index is 0.117. The Morgan fingerprint density at radius 3 is 2.10 bits per heavy atom. The molecular weight excluding hydrogens is 803 g/mol. The van der Waals surface area contributed by atoms with Crippen LogP contribution in [0.1, 0.15) is 86.7 Å². The number of rotatable bonds is 17. The fourth-order valence-corrected chi connectivity index (χ4v) is 7.48. The number of aromatic nitrogens is 1. The number of hydrogen-bond acceptors (Lipinski definition) is 12. The van der Waals surface area contributed by atoms with E-state index in [2.05, 4.69) is 41.4 Å². The Morgan fingerprint density at radius 1 is 0.758 bits per heavy atom. The minimum atomic E-state index is -0.800. The maximum absolute atomic E-state index is 13.5. The molecule has 12 heteroatoms. The van der Waals surface area contributed by atoms with Gasteiger partial charge in [-0.05, 0) is 132 Å². The zero-order valence-corrected chi connectivity index (χ0v) is 36.8. The van der Waals surface area contributed by atoms with Gasteiger partial charge in [-0.15, -0.1) is 11.3 Å². The molecule has 0 saturated carbocycles. The first-order chi connectivity index (χ1) is 29.4. The number of ether oxygens (including phenoxy) is 5. The summed E-state index contributed by atoms with van der Waals surface area (Å²) in [6.07, 6.45) is 3.48. The summed E-state index contributed by atoms with van der Waals surface area (Å²) in [6, 6.07) is 33.2. The van der Waals surface area contributed by atoms with Gasteiger partial charge in [0, 0.05) is 35.4 Å². The van der Waals surface area contributed by atoms with Crippen LogP contribution in [0.2, 0.25) is 0 Å². The first-order valence-electron chi connectivity index (χ1n) is 20.1. The van der Waals surface area contributed by atoms with Crippen LogP contribution in [0, 0.1) is 0 Å².